The quantitative estimate of drug-likeness (QED) is 0.769. The maximum absolute atomic E-state index is 12.2. The van der Waals surface area contributed by atoms with E-state index < -0.39 is 27.7 Å². The zero-order chi connectivity index (χ0) is 16.2. The number of aromatic nitrogens is 1. The minimum Gasteiger partial charge on any atom is -0.344 e. The molecule has 7 nitrogen and oxygen atoms in total. The number of likely N-dealkylation sites (N-methyl/N-ethyl adjacent to an activating group) is 1. The summed E-state index contributed by atoms with van der Waals surface area (Å²) < 4.78 is 23.0. The van der Waals surface area contributed by atoms with E-state index in [0.29, 0.717) is 13.0 Å². The van der Waals surface area contributed by atoms with Crippen LogP contribution in [0, 0.1) is 0 Å². The second kappa shape index (κ2) is 6.87. The van der Waals surface area contributed by atoms with Crippen molar-refractivity contribution in [2.24, 2.45) is 0 Å². The first-order valence-corrected chi connectivity index (χ1v) is 8.93. The molecule has 0 spiro atoms. The van der Waals surface area contributed by atoms with Crippen molar-refractivity contribution in [2.45, 2.75) is 25.9 Å². The molecule has 2 amide bonds. The second-order valence-corrected chi connectivity index (χ2v) is 7.42. The van der Waals surface area contributed by atoms with E-state index in [1.54, 1.807) is 31.5 Å². The van der Waals surface area contributed by atoms with E-state index >= 15 is 0 Å². The lowest BCUT2D eigenvalue weighted by atomic mass is 10.2. The molecular weight excluding hydrogens is 306 g/mol. The minimum absolute atomic E-state index is 0.0670. The van der Waals surface area contributed by atoms with Crippen molar-refractivity contribution in [1.29, 1.82) is 0 Å². The van der Waals surface area contributed by atoms with Crippen LogP contribution in [-0.4, -0.2) is 54.2 Å². The molecule has 1 aromatic rings. The molecule has 0 aromatic carbocycles. The lowest BCUT2D eigenvalue weighted by molar-refractivity contribution is -0.147. The van der Waals surface area contributed by atoms with Gasteiger partial charge in [-0.2, -0.15) is 0 Å². The van der Waals surface area contributed by atoms with E-state index in [9.17, 15) is 18.0 Å². The van der Waals surface area contributed by atoms with E-state index in [-0.39, 0.29) is 18.1 Å². The molecule has 8 heteroatoms. The molecule has 0 aliphatic carbocycles. The van der Waals surface area contributed by atoms with Gasteiger partial charge < -0.3 is 10.2 Å². The number of carbonyl (C=O) groups excluding carboxylic acids is 2. The Kier molecular flexibility index (Phi) is 5.12. The largest absolute Gasteiger partial charge is 0.344 e. The van der Waals surface area contributed by atoms with Gasteiger partial charge in [0.05, 0.1) is 11.5 Å². The average molecular weight is 325 g/mol. The fourth-order valence-electron chi connectivity index (χ4n) is 2.48. The van der Waals surface area contributed by atoms with Crippen molar-refractivity contribution in [3.05, 3.63) is 30.1 Å². The fourth-order valence-corrected chi connectivity index (χ4v) is 4.21. The standard InChI is InChI=1S/C14H19N3O4S/c1-2-17(12-5-7-22(20,21)10-12)14(19)13(18)16-9-11-4-3-6-15-8-11/h3-4,6,8,12H,2,5,7,9-10H2,1H3,(H,16,18). The lowest BCUT2D eigenvalue weighted by Gasteiger charge is -2.26. The molecule has 1 unspecified atom stereocenters. The SMILES string of the molecule is CCN(C(=O)C(=O)NCc1cccnc1)C1CCS(=O)(=O)C1. The Morgan fingerprint density at radius 1 is 1.45 bits per heavy atom. The molecular formula is C14H19N3O4S. The molecule has 120 valence electrons. The monoisotopic (exact) mass is 325 g/mol. The summed E-state index contributed by atoms with van der Waals surface area (Å²) in [5.41, 5.74) is 0.787. The zero-order valence-corrected chi connectivity index (χ0v) is 13.2. The molecule has 0 saturated carbocycles. The summed E-state index contributed by atoms with van der Waals surface area (Å²) in [4.78, 5) is 29.4. The molecule has 1 saturated heterocycles. The van der Waals surface area contributed by atoms with Crippen LogP contribution in [0.4, 0.5) is 0 Å². The summed E-state index contributed by atoms with van der Waals surface area (Å²) in [7, 11) is -3.10. The van der Waals surface area contributed by atoms with Gasteiger partial charge in [0.1, 0.15) is 0 Å². The molecule has 1 aromatic heterocycles. The molecule has 1 fully saturated rings. The number of pyridine rings is 1. The molecule has 2 rings (SSSR count). The number of hydrogen-bond donors (Lipinski definition) is 1. The topological polar surface area (TPSA) is 96.4 Å². The van der Waals surface area contributed by atoms with E-state index in [4.69, 9.17) is 0 Å². The van der Waals surface area contributed by atoms with Crippen molar-refractivity contribution < 1.29 is 18.0 Å². The maximum Gasteiger partial charge on any atom is 0.312 e. The van der Waals surface area contributed by atoms with Crippen LogP contribution in [-0.2, 0) is 26.0 Å². The summed E-state index contributed by atoms with van der Waals surface area (Å²) >= 11 is 0. The molecule has 0 radical (unpaired) electrons. The highest BCUT2D eigenvalue weighted by molar-refractivity contribution is 7.91. The van der Waals surface area contributed by atoms with E-state index in [2.05, 4.69) is 10.3 Å². The summed E-state index contributed by atoms with van der Waals surface area (Å²) in [6, 6.07) is 3.12. The highest BCUT2D eigenvalue weighted by Gasteiger charge is 2.35. The Labute approximate surface area is 129 Å². The van der Waals surface area contributed by atoms with Gasteiger partial charge in [-0.3, -0.25) is 14.6 Å². The van der Waals surface area contributed by atoms with Crippen molar-refractivity contribution in [3.8, 4) is 0 Å². The van der Waals surface area contributed by atoms with Gasteiger partial charge in [0.25, 0.3) is 0 Å². The predicted molar refractivity (Wildman–Crippen MR) is 80.5 cm³/mol. The first kappa shape index (κ1) is 16.4. The Morgan fingerprint density at radius 2 is 2.23 bits per heavy atom. The van der Waals surface area contributed by atoms with Crippen LogP contribution in [0.25, 0.3) is 0 Å². The first-order valence-electron chi connectivity index (χ1n) is 7.11. The number of nitrogens with one attached hydrogen (secondary N) is 1. The summed E-state index contributed by atoms with van der Waals surface area (Å²) in [6.07, 6.45) is 3.61. The molecule has 1 N–H and O–H groups in total. The van der Waals surface area contributed by atoms with Gasteiger partial charge in [-0.05, 0) is 25.0 Å². The lowest BCUT2D eigenvalue weighted by Crippen LogP contribution is -2.48. The highest BCUT2D eigenvalue weighted by atomic mass is 32.2. The van der Waals surface area contributed by atoms with Crippen LogP contribution in [0.2, 0.25) is 0 Å². The van der Waals surface area contributed by atoms with Gasteiger partial charge in [0.15, 0.2) is 9.84 Å². The van der Waals surface area contributed by atoms with Crippen LogP contribution < -0.4 is 5.32 Å². The van der Waals surface area contributed by atoms with Gasteiger partial charge in [0.2, 0.25) is 0 Å². The summed E-state index contributed by atoms with van der Waals surface area (Å²) in [5, 5.41) is 2.54. The van der Waals surface area contributed by atoms with Gasteiger partial charge in [-0.15, -0.1) is 0 Å². The number of nitrogens with zero attached hydrogens (tertiary/aromatic N) is 2. The van der Waals surface area contributed by atoms with Gasteiger partial charge in [0, 0.05) is 31.5 Å². The fraction of sp³-hybridized carbons (Fsp3) is 0.500. The van der Waals surface area contributed by atoms with Crippen LogP contribution >= 0.6 is 0 Å². The molecule has 1 aliphatic rings. The Balaban J connectivity index is 1.95. The number of carbonyl (C=O) groups is 2. The number of sulfone groups is 1. The third-order valence-corrected chi connectivity index (χ3v) is 5.37. The Hall–Kier alpha value is -1.96. The van der Waals surface area contributed by atoms with Crippen LogP contribution in [0.15, 0.2) is 24.5 Å². The van der Waals surface area contributed by atoms with Crippen molar-refractivity contribution >= 4 is 21.7 Å². The second-order valence-electron chi connectivity index (χ2n) is 5.19. The average Bonchev–Trinajstić information content (AvgIpc) is 2.86. The van der Waals surface area contributed by atoms with E-state index in [0.717, 1.165) is 5.56 Å². The minimum atomic E-state index is -3.10. The number of amides is 2. The van der Waals surface area contributed by atoms with Crippen molar-refractivity contribution in [2.75, 3.05) is 18.1 Å². The summed E-state index contributed by atoms with van der Waals surface area (Å²) in [6.45, 7) is 2.25. The van der Waals surface area contributed by atoms with Crippen molar-refractivity contribution in [1.82, 2.24) is 15.2 Å². The van der Waals surface area contributed by atoms with Gasteiger partial charge in [-0.25, -0.2) is 8.42 Å². The van der Waals surface area contributed by atoms with Crippen molar-refractivity contribution in [3.63, 3.8) is 0 Å². The molecule has 22 heavy (non-hydrogen) atoms. The van der Waals surface area contributed by atoms with Crippen LogP contribution in [0.5, 0.6) is 0 Å². The predicted octanol–water partition coefficient (Wildman–Crippen LogP) is -0.267. The molecule has 0 bridgehead atoms. The highest BCUT2D eigenvalue weighted by Crippen LogP contribution is 2.17. The van der Waals surface area contributed by atoms with Gasteiger partial charge in [-0.1, -0.05) is 6.07 Å². The molecule has 1 aliphatic heterocycles. The molecule has 2 heterocycles. The third kappa shape index (κ3) is 4.03. The van der Waals surface area contributed by atoms with Crippen LogP contribution in [0.1, 0.15) is 18.9 Å². The summed E-state index contributed by atoms with van der Waals surface area (Å²) in [5.74, 6) is -1.41. The number of hydrogen-bond acceptors (Lipinski definition) is 5. The zero-order valence-electron chi connectivity index (χ0n) is 12.4. The van der Waals surface area contributed by atoms with E-state index in [1.807, 2.05) is 0 Å². The van der Waals surface area contributed by atoms with Crippen LogP contribution in [0.3, 0.4) is 0 Å². The Bertz CT molecular complexity index is 645. The van der Waals surface area contributed by atoms with E-state index in [1.165, 1.54) is 4.90 Å². The van der Waals surface area contributed by atoms with Gasteiger partial charge >= 0.3 is 11.8 Å². The first-order chi connectivity index (χ1) is 10.4. The Morgan fingerprint density at radius 3 is 2.77 bits per heavy atom. The third-order valence-electron chi connectivity index (χ3n) is 3.62. The molecule has 1 atom stereocenters. The maximum atomic E-state index is 12.2. The smallest absolute Gasteiger partial charge is 0.312 e. The number of rotatable bonds is 4. The normalized spacial score (nSPS) is 19.6.